The highest BCUT2D eigenvalue weighted by atomic mass is 79.9. The van der Waals surface area contributed by atoms with E-state index in [1.54, 1.807) is 0 Å². The second kappa shape index (κ2) is 6.23. The molecule has 0 aromatic heterocycles. The molecule has 0 aliphatic heterocycles. The van der Waals surface area contributed by atoms with Gasteiger partial charge in [0.25, 0.3) is 0 Å². The van der Waals surface area contributed by atoms with Gasteiger partial charge in [0.05, 0.1) is 0 Å². The van der Waals surface area contributed by atoms with Gasteiger partial charge in [0, 0.05) is 15.6 Å². The Kier molecular flexibility index (Phi) is 5.46. The molecule has 0 N–H and O–H groups in total. The van der Waals surface area contributed by atoms with Gasteiger partial charge in [-0.2, -0.15) is 43.9 Å². The van der Waals surface area contributed by atoms with Gasteiger partial charge in [0.15, 0.2) is 6.67 Å². The molecule has 0 amide bonds. The fourth-order valence-electron chi connectivity index (χ4n) is 1.80. The standard InChI is InChI=1S/C12H5BrF12/c13-7-2-5(8(15,16)4-14)1-6(3-7)9(17,11(20,21)22)10(18,19)12(23,24)25/h1-3H,4H2. The van der Waals surface area contributed by atoms with E-state index in [2.05, 4.69) is 15.9 Å². The molecule has 1 unspecified atom stereocenters. The molecule has 0 aliphatic carbocycles. The maximum atomic E-state index is 14.2. The van der Waals surface area contributed by atoms with Crippen molar-refractivity contribution in [3.05, 3.63) is 33.8 Å². The summed E-state index contributed by atoms with van der Waals surface area (Å²) in [6, 6.07) is -0.506. The SMILES string of the molecule is FCC(F)(F)c1cc(Br)cc(C(F)(C(F)(F)F)C(F)(F)C(F)(F)F)c1. The normalized spacial score (nSPS) is 16.7. The van der Waals surface area contributed by atoms with Crippen LogP contribution in [0, 0.1) is 0 Å². The van der Waals surface area contributed by atoms with Crippen LogP contribution in [-0.2, 0) is 11.6 Å². The van der Waals surface area contributed by atoms with Gasteiger partial charge in [-0.3, -0.25) is 0 Å². The van der Waals surface area contributed by atoms with Crippen LogP contribution in [0.25, 0.3) is 0 Å². The minimum absolute atomic E-state index is 0.176. The Morgan fingerprint density at radius 3 is 1.48 bits per heavy atom. The maximum absolute atomic E-state index is 14.2. The quantitative estimate of drug-likeness (QED) is 0.457. The molecule has 0 saturated carbocycles. The lowest BCUT2D eigenvalue weighted by Crippen LogP contribution is -2.59. The van der Waals surface area contributed by atoms with Gasteiger partial charge < -0.3 is 0 Å². The van der Waals surface area contributed by atoms with Crippen LogP contribution in [0.15, 0.2) is 22.7 Å². The van der Waals surface area contributed by atoms with Gasteiger partial charge in [0.2, 0.25) is 0 Å². The summed E-state index contributed by atoms with van der Waals surface area (Å²) in [6.45, 7) is -2.51. The van der Waals surface area contributed by atoms with Gasteiger partial charge in [-0.15, -0.1) is 0 Å². The minimum atomic E-state index is -7.01. The van der Waals surface area contributed by atoms with E-state index < -0.39 is 58.2 Å². The third kappa shape index (κ3) is 3.56. The summed E-state index contributed by atoms with van der Waals surface area (Å²) in [4.78, 5) is 0. The van der Waals surface area contributed by atoms with Gasteiger partial charge in [-0.05, 0) is 18.2 Å². The van der Waals surface area contributed by atoms with Gasteiger partial charge in [-0.25, -0.2) is 8.78 Å². The summed E-state index contributed by atoms with van der Waals surface area (Å²) in [5.74, 6) is -11.6. The first-order chi connectivity index (χ1) is 10.9. The highest BCUT2D eigenvalue weighted by Crippen LogP contribution is 2.58. The molecule has 0 nitrogen and oxygen atoms in total. The van der Waals surface area contributed by atoms with Crippen molar-refractivity contribution < 1.29 is 52.7 Å². The lowest BCUT2D eigenvalue weighted by atomic mass is 9.86. The van der Waals surface area contributed by atoms with E-state index in [9.17, 15) is 52.7 Å². The topological polar surface area (TPSA) is 0 Å². The zero-order valence-corrected chi connectivity index (χ0v) is 12.9. The lowest BCUT2D eigenvalue weighted by molar-refractivity contribution is -0.389. The molecular formula is C12H5BrF12. The minimum Gasteiger partial charge on any atom is -0.244 e. The molecule has 0 saturated heterocycles. The van der Waals surface area contributed by atoms with Gasteiger partial charge in [0.1, 0.15) is 0 Å². The molecule has 13 heteroatoms. The van der Waals surface area contributed by atoms with Crippen LogP contribution in [0.4, 0.5) is 52.7 Å². The Morgan fingerprint density at radius 1 is 0.680 bits per heavy atom. The predicted octanol–water partition coefficient (Wildman–Crippen LogP) is 6.44. The average Bonchev–Trinajstić information content (AvgIpc) is 2.43. The summed E-state index contributed by atoms with van der Waals surface area (Å²) in [5.41, 5.74) is -10.6. The molecule has 1 aromatic rings. The van der Waals surface area contributed by atoms with E-state index in [1.165, 1.54) is 0 Å². The van der Waals surface area contributed by atoms with Crippen molar-refractivity contribution in [2.24, 2.45) is 0 Å². The van der Waals surface area contributed by atoms with Crippen molar-refractivity contribution in [2.45, 2.75) is 29.9 Å². The van der Waals surface area contributed by atoms with Crippen LogP contribution in [-0.4, -0.2) is 24.9 Å². The molecule has 0 heterocycles. The van der Waals surface area contributed by atoms with Crippen molar-refractivity contribution >= 4 is 15.9 Å². The highest BCUT2D eigenvalue weighted by molar-refractivity contribution is 9.10. The number of hydrogen-bond donors (Lipinski definition) is 0. The molecule has 1 rings (SSSR count). The average molecular weight is 457 g/mol. The first-order valence-corrected chi connectivity index (χ1v) is 6.66. The number of alkyl halides is 12. The summed E-state index contributed by atoms with van der Waals surface area (Å²) >= 11 is 2.30. The second-order valence-electron chi connectivity index (χ2n) is 4.80. The summed E-state index contributed by atoms with van der Waals surface area (Å²) < 4.78 is 154. The highest BCUT2D eigenvalue weighted by Gasteiger charge is 2.81. The van der Waals surface area contributed by atoms with Crippen molar-refractivity contribution in [1.29, 1.82) is 0 Å². The van der Waals surface area contributed by atoms with Crippen LogP contribution < -0.4 is 0 Å². The number of hydrogen-bond acceptors (Lipinski definition) is 0. The second-order valence-corrected chi connectivity index (χ2v) is 5.71. The zero-order chi connectivity index (χ0) is 20.1. The Bertz CT molecular complexity index is 632. The van der Waals surface area contributed by atoms with Crippen LogP contribution in [0.2, 0.25) is 0 Å². The van der Waals surface area contributed by atoms with Crippen LogP contribution in [0.1, 0.15) is 11.1 Å². The molecule has 0 spiro atoms. The summed E-state index contributed by atoms with van der Waals surface area (Å²) in [6.07, 6.45) is -13.8. The van der Waals surface area contributed by atoms with Crippen LogP contribution >= 0.6 is 15.9 Å². The first-order valence-electron chi connectivity index (χ1n) is 5.87. The lowest BCUT2D eigenvalue weighted by Gasteiger charge is -2.36. The largest absolute Gasteiger partial charge is 0.457 e. The molecule has 25 heavy (non-hydrogen) atoms. The van der Waals surface area contributed by atoms with Crippen LogP contribution in [0.5, 0.6) is 0 Å². The Labute approximate surface area is 139 Å². The first kappa shape index (κ1) is 21.9. The van der Waals surface area contributed by atoms with Crippen LogP contribution in [0.3, 0.4) is 0 Å². The molecule has 0 bridgehead atoms. The number of benzene rings is 1. The molecule has 0 radical (unpaired) electrons. The van der Waals surface area contributed by atoms with E-state index >= 15 is 0 Å². The molecule has 144 valence electrons. The Morgan fingerprint density at radius 2 is 1.12 bits per heavy atom. The van der Waals surface area contributed by atoms with Crippen molar-refractivity contribution in [3.8, 4) is 0 Å². The molecular weight excluding hydrogens is 452 g/mol. The van der Waals surface area contributed by atoms with Crippen molar-refractivity contribution in [3.63, 3.8) is 0 Å². The van der Waals surface area contributed by atoms with Gasteiger partial charge in [-0.1, -0.05) is 15.9 Å². The number of rotatable bonds is 4. The van der Waals surface area contributed by atoms with Crippen molar-refractivity contribution in [1.82, 2.24) is 0 Å². The smallest absolute Gasteiger partial charge is 0.244 e. The third-order valence-electron chi connectivity index (χ3n) is 3.07. The Balaban J connectivity index is 3.82. The zero-order valence-electron chi connectivity index (χ0n) is 11.4. The fraction of sp³-hybridized carbons (Fsp3) is 0.500. The summed E-state index contributed by atoms with van der Waals surface area (Å²) in [5, 5.41) is 0. The molecule has 1 atom stereocenters. The molecule has 0 fully saturated rings. The Hall–Kier alpha value is -1.14. The molecule has 0 aliphatic rings. The third-order valence-corrected chi connectivity index (χ3v) is 3.52. The van der Waals surface area contributed by atoms with E-state index in [0.717, 1.165) is 0 Å². The predicted molar refractivity (Wildman–Crippen MR) is 63.9 cm³/mol. The summed E-state index contributed by atoms with van der Waals surface area (Å²) in [7, 11) is 0. The van der Waals surface area contributed by atoms with E-state index in [1.807, 2.05) is 0 Å². The van der Waals surface area contributed by atoms with E-state index in [0.29, 0.717) is 0 Å². The monoisotopic (exact) mass is 456 g/mol. The van der Waals surface area contributed by atoms with Crippen molar-refractivity contribution in [2.75, 3.05) is 6.67 Å². The van der Waals surface area contributed by atoms with Gasteiger partial charge >= 0.3 is 29.9 Å². The maximum Gasteiger partial charge on any atom is 0.457 e. The molecule has 1 aromatic carbocycles. The number of halogens is 13. The fourth-order valence-corrected chi connectivity index (χ4v) is 2.29. The van der Waals surface area contributed by atoms with E-state index in [4.69, 9.17) is 0 Å². The van der Waals surface area contributed by atoms with E-state index in [-0.39, 0.29) is 12.1 Å².